The quantitative estimate of drug-likeness (QED) is 0.276. The van der Waals surface area contributed by atoms with E-state index in [1.54, 1.807) is 12.3 Å². The molecule has 1 aromatic carbocycles. The van der Waals surface area contributed by atoms with Gasteiger partial charge in [0, 0.05) is 50.4 Å². The molecule has 0 unspecified atom stereocenters. The molecule has 11 heteroatoms. The van der Waals surface area contributed by atoms with Gasteiger partial charge in [-0.15, -0.1) is 24.0 Å². The molecule has 0 aliphatic carbocycles. The number of rotatable bonds is 6. The predicted molar refractivity (Wildman–Crippen MR) is 134 cm³/mol. The molecule has 1 N–H and O–H groups in total. The number of para-hydroxylation sites is 1. The Hall–Kier alpha value is -2.25. The number of pyridine rings is 1. The predicted octanol–water partition coefficient (Wildman–Crippen LogP) is 2.45. The number of piperazine rings is 1. The van der Waals surface area contributed by atoms with Crippen LogP contribution in [0.2, 0.25) is 0 Å². The third-order valence-electron chi connectivity index (χ3n) is 5.20. The second kappa shape index (κ2) is 11.1. The van der Waals surface area contributed by atoms with Crippen molar-refractivity contribution in [3.63, 3.8) is 0 Å². The fraction of sp³-hybridized carbons (Fsp3) is 0.381. The van der Waals surface area contributed by atoms with E-state index in [1.807, 2.05) is 37.3 Å². The molecular weight excluding hydrogens is 543 g/mol. The second-order valence-corrected chi connectivity index (χ2v) is 9.26. The first-order chi connectivity index (χ1) is 15.1. The van der Waals surface area contributed by atoms with Gasteiger partial charge >= 0.3 is 0 Å². The van der Waals surface area contributed by atoms with Gasteiger partial charge in [0.05, 0.1) is 17.8 Å². The highest BCUT2D eigenvalue weighted by Gasteiger charge is 2.29. The maximum atomic E-state index is 12.7. The van der Waals surface area contributed by atoms with Gasteiger partial charge in [-0.05, 0) is 18.6 Å². The SMILES string of the molecule is CCNC(=NCc1cccc2cccnc12)N1CCN(S(=O)(=O)Cc2ccon2)CC1.I. The van der Waals surface area contributed by atoms with Crippen molar-refractivity contribution in [2.45, 2.75) is 19.2 Å². The Bertz CT molecular complexity index is 1140. The molecule has 1 aliphatic rings. The van der Waals surface area contributed by atoms with Crippen molar-refractivity contribution in [3.05, 3.63) is 60.1 Å². The molecule has 1 saturated heterocycles. The number of aliphatic imine (C=N–C) groups is 1. The van der Waals surface area contributed by atoms with Gasteiger partial charge in [0.2, 0.25) is 10.0 Å². The smallest absolute Gasteiger partial charge is 0.220 e. The van der Waals surface area contributed by atoms with E-state index in [4.69, 9.17) is 9.52 Å². The van der Waals surface area contributed by atoms with Gasteiger partial charge in [0.25, 0.3) is 0 Å². The monoisotopic (exact) mass is 570 g/mol. The summed E-state index contributed by atoms with van der Waals surface area (Å²) in [5.74, 6) is 0.634. The number of hydrogen-bond acceptors (Lipinski definition) is 6. The molecule has 0 atom stereocenters. The minimum atomic E-state index is -3.43. The highest BCUT2D eigenvalue weighted by Crippen LogP contribution is 2.17. The number of fused-ring (bicyclic) bond motifs is 1. The molecule has 3 heterocycles. The lowest BCUT2D eigenvalue weighted by Gasteiger charge is -2.35. The Morgan fingerprint density at radius 3 is 2.66 bits per heavy atom. The van der Waals surface area contributed by atoms with Gasteiger partial charge in [-0.2, -0.15) is 4.31 Å². The molecular formula is C21H27IN6O3S. The Labute approximate surface area is 205 Å². The van der Waals surface area contributed by atoms with Crippen LogP contribution in [0, 0.1) is 0 Å². The van der Waals surface area contributed by atoms with Crippen molar-refractivity contribution in [1.29, 1.82) is 0 Å². The van der Waals surface area contributed by atoms with E-state index >= 15 is 0 Å². The molecule has 9 nitrogen and oxygen atoms in total. The number of nitrogens with zero attached hydrogens (tertiary/aromatic N) is 5. The van der Waals surface area contributed by atoms with E-state index in [0.29, 0.717) is 38.4 Å². The topological polar surface area (TPSA) is 104 Å². The maximum Gasteiger partial charge on any atom is 0.220 e. The number of aromatic nitrogens is 2. The lowest BCUT2D eigenvalue weighted by atomic mass is 10.1. The number of guanidine groups is 1. The average Bonchev–Trinajstić information content (AvgIpc) is 3.29. The van der Waals surface area contributed by atoms with Crippen LogP contribution in [-0.2, 0) is 22.3 Å². The minimum absolute atomic E-state index is 0. The van der Waals surface area contributed by atoms with Gasteiger partial charge in [-0.3, -0.25) is 4.98 Å². The van der Waals surface area contributed by atoms with Gasteiger partial charge in [-0.25, -0.2) is 13.4 Å². The summed E-state index contributed by atoms with van der Waals surface area (Å²) in [7, 11) is -3.43. The number of sulfonamides is 1. The first-order valence-corrected chi connectivity index (χ1v) is 11.9. The first-order valence-electron chi connectivity index (χ1n) is 10.3. The van der Waals surface area contributed by atoms with Gasteiger partial charge in [0.1, 0.15) is 12.0 Å². The van der Waals surface area contributed by atoms with Crippen LogP contribution in [0.1, 0.15) is 18.2 Å². The van der Waals surface area contributed by atoms with Crippen LogP contribution in [-0.4, -0.2) is 66.4 Å². The molecule has 32 heavy (non-hydrogen) atoms. The number of hydrogen-bond donors (Lipinski definition) is 1. The molecule has 0 radical (unpaired) electrons. The van der Waals surface area contributed by atoms with Gasteiger partial charge in [0.15, 0.2) is 5.96 Å². The van der Waals surface area contributed by atoms with E-state index in [1.165, 1.54) is 10.6 Å². The van der Waals surface area contributed by atoms with E-state index in [0.717, 1.165) is 29.0 Å². The molecule has 1 fully saturated rings. The van der Waals surface area contributed by atoms with Crippen molar-refractivity contribution in [1.82, 2.24) is 24.7 Å². The first kappa shape index (κ1) is 24.4. The Balaban J connectivity index is 0.00000289. The van der Waals surface area contributed by atoms with Crippen LogP contribution in [0.3, 0.4) is 0 Å². The number of benzene rings is 1. The van der Waals surface area contributed by atoms with E-state index in [-0.39, 0.29) is 29.7 Å². The standard InChI is InChI=1S/C21H26N6O3S.HI/c1-2-22-21(24-15-18-6-3-5-17-7-4-9-23-20(17)18)26-10-12-27(13-11-26)31(28,29)16-19-8-14-30-25-19;/h3-9,14H,2,10-13,15-16H2,1H3,(H,22,24);1H. The Kier molecular flexibility index (Phi) is 8.43. The van der Waals surface area contributed by atoms with E-state index in [2.05, 4.69) is 20.4 Å². The fourth-order valence-electron chi connectivity index (χ4n) is 3.65. The second-order valence-electron chi connectivity index (χ2n) is 7.30. The maximum absolute atomic E-state index is 12.7. The summed E-state index contributed by atoms with van der Waals surface area (Å²) in [5, 5.41) is 8.13. The third kappa shape index (κ3) is 5.75. The van der Waals surface area contributed by atoms with E-state index in [9.17, 15) is 8.42 Å². The van der Waals surface area contributed by atoms with Crippen LogP contribution < -0.4 is 5.32 Å². The highest BCUT2D eigenvalue weighted by molar-refractivity contribution is 14.0. The van der Waals surface area contributed by atoms with Crippen LogP contribution in [0.5, 0.6) is 0 Å². The zero-order valence-electron chi connectivity index (χ0n) is 17.8. The summed E-state index contributed by atoms with van der Waals surface area (Å²) in [4.78, 5) is 11.4. The van der Waals surface area contributed by atoms with E-state index < -0.39 is 10.0 Å². The van der Waals surface area contributed by atoms with Gasteiger partial charge < -0.3 is 14.7 Å². The van der Waals surface area contributed by atoms with Crippen molar-refractivity contribution in [2.75, 3.05) is 32.7 Å². The average molecular weight is 570 g/mol. The number of halogens is 1. The molecule has 0 bridgehead atoms. The molecule has 1 aliphatic heterocycles. The molecule has 0 spiro atoms. The van der Waals surface area contributed by atoms with Crippen LogP contribution in [0.15, 0.2) is 58.4 Å². The Morgan fingerprint density at radius 1 is 1.16 bits per heavy atom. The van der Waals surface area contributed by atoms with Crippen LogP contribution in [0.4, 0.5) is 0 Å². The molecule has 172 valence electrons. The minimum Gasteiger partial charge on any atom is -0.364 e. The van der Waals surface area contributed by atoms with Crippen molar-refractivity contribution in [2.24, 2.45) is 4.99 Å². The summed E-state index contributed by atoms with van der Waals surface area (Å²) in [6.45, 7) is 5.20. The van der Waals surface area contributed by atoms with Crippen LogP contribution in [0.25, 0.3) is 10.9 Å². The largest absolute Gasteiger partial charge is 0.364 e. The summed E-state index contributed by atoms with van der Waals surface area (Å²) in [6.07, 6.45) is 3.17. The summed E-state index contributed by atoms with van der Waals surface area (Å²) >= 11 is 0. The van der Waals surface area contributed by atoms with Gasteiger partial charge in [-0.1, -0.05) is 29.4 Å². The zero-order chi connectivity index (χ0) is 21.7. The lowest BCUT2D eigenvalue weighted by Crippen LogP contribution is -2.53. The Morgan fingerprint density at radius 2 is 1.94 bits per heavy atom. The van der Waals surface area contributed by atoms with Crippen molar-refractivity contribution >= 4 is 50.9 Å². The molecule has 2 aromatic heterocycles. The molecule has 0 saturated carbocycles. The van der Waals surface area contributed by atoms with Crippen LogP contribution >= 0.6 is 24.0 Å². The normalized spacial score (nSPS) is 15.5. The molecule has 4 rings (SSSR count). The van der Waals surface area contributed by atoms with Crippen molar-refractivity contribution in [3.8, 4) is 0 Å². The summed E-state index contributed by atoms with van der Waals surface area (Å²) < 4.78 is 31.6. The number of nitrogens with one attached hydrogen (secondary N) is 1. The highest BCUT2D eigenvalue weighted by atomic mass is 127. The molecule has 3 aromatic rings. The summed E-state index contributed by atoms with van der Waals surface area (Å²) in [6, 6.07) is 11.6. The third-order valence-corrected chi connectivity index (χ3v) is 7.02. The van der Waals surface area contributed by atoms with Crippen molar-refractivity contribution < 1.29 is 12.9 Å². The lowest BCUT2D eigenvalue weighted by molar-refractivity contribution is 0.259. The fourth-order valence-corrected chi connectivity index (χ4v) is 5.07. The molecule has 0 amide bonds. The zero-order valence-corrected chi connectivity index (χ0v) is 21.0. The summed E-state index contributed by atoms with van der Waals surface area (Å²) in [5.41, 5.74) is 2.43.